The van der Waals surface area contributed by atoms with Crippen molar-refractivity contribution >= 4 is 21.8 Å². The number of ether oxygens (including phenoxy) is 1. The first kappa shape index (κ1) is 18.8. The molecule has 0 unspecified atom stereocenters. The first-order valence-electron chi connectivity index (χ1n) is 8.73. The number of halogens is 1. The van der Waals surface area contributed by atoms with Crippen LogP contribution in [0, 0.1) is 5.82 Å². The van der Waals surface area contributed by atoms with Crippen LogP contribution in [-0.2, 0) is 14.6 Å². The number of hydrogen-bond acceptors (Lipinski definition) is 4. The summed E-state index contributed by atoms with van der Waals surface area (Å²) in [5.74, 6) is 0.135. The lowest BCUT2D eigenvalue weighted by molar-refractivity contribution is -0.925. The van der Waals surface area contributed by atoms with Gasteiger partial charge in [-0.15, -0.1) is 0 Å². The van der Waals surface area contributed by atoms with E-state index in [4.69, 9.17) is 4.74 Å². The topological polar surface area (TPSA) is 68.1 Å². The second-order valence-corrected chi connectivity index (χ2v) is 9.04. The average molecular weight is 383 g/mol. The van der Waals surface area contributed by atoms with Crippen LogP contribution in [0.3, 0.4) is 0 Å². The van der Waals surface area contributed by atoms with Crippen LogP contribution in [0.4, 0.5) is 4.39 Å². The van der Waals surface area contributed by atoms with Crippen LogP contribution in [0.15, 0.2) is 24.3 Å². The number of carbonyl (C=O) groups is 1. The fourth-order valence-electron chi connectivity index (χ4n) is 3.60. The molecule has 2 fully saturated rings. The number of methoxy groups -OCH3 is 1. The van der Waals surface area contributed by atoms with Gasteiger partial charge in [0.2, 0.25) is 5.91 Å². The van der Waals surface area contributed by atoms with Crippen LogP contribution in [0.25, 0.3) is 6.08 Å². The van der Waals surface area contributed by atoms with Gasteiger partial charge in [-0.2, -0.15) is 0 Å². The van der Waals surface area contributed by atoms with E-state index in [1.165, 1.54) is 30.2 Å². The Kier molecular flexibility index (Phi) is 5.62. The minimum Gasteiger partial charge on any atom is -0.494 e. The van der Waals surface area contributed by atoms with Gasteiger partial charge in [0.05, 0.1) is 39.0 Å². The van der Waals surface area contributed by atoms with E-state index in [9.17, 15) is 17.6 Å². The molecule has 3 rings (SSSR count). The fraction of sp³-hybridized carbons (Fsp3) is 0.500. The Morgan fingerprint density at radius 2 is 2.08 bits per heavy atom. The first-order valence-corrected chi connectivity index (χ1v) is 10.6. The predicted octanol–water partition coefficient (Wildman–Crippen LogP) is -0.238. The largest absolute Gasteiger partial charge is 0.494 e. The van der Waals surface area contributed by atoms with Gasteiger partial charge in [0.15, 0.2) is 21.4 Å². The van der Waals surface area contributed by atoms with E-state index in [1.807, 2.05) is 0 Å². The van der Waals surface area contributed by atoms with Crippen LogP contribution in [0.2, 0.25) is 0 Å². The lowest BCUT2D eigenvalue weighted by Crippen LogP contribution is -3.18. The summed E-state index contributed by atoms with van der Waals surface area (Å²) >= 11 is 0. The SMILES string of the molecule is COc1ccc(/C=C/C(=O)N2CC[NH+]([C@@H]3CCS(=O)(=O)C3)CC2)cc1F. The van der Waals surface area contributed by atoms with E-state index < -0.39 is 15.7 Å². The molecule has 0 bridgehead atoms. The van der Waals surface area contributed by atoms with Crippen molar-refractivity contribution in [2.75, 3.05) is 44.8 Å². The molecule has 2 saturated heterocycles. The minimum atomic E-state index is -2.87. The molecule has 2 heterocycles. The van der Waals surface area contributed by atoms with E-state index in [2.05, 4.69) is 0 Å². The third-order valence-electron chi connectivity index (χ3n) is 5.12. The number of quaternary nitrogens is 1. The molecule has 142 valence electrons. The standard InChI is InChI=1S/C18H23FN2O4S/c1-25-17-4-2-14(12-16(17)19)3-5-18(22)21-9-7-20(8-10-21)15-6-11-26(23,24)13-15/h2-5,12,15H,6-11,13H2,1H3/p+1/b5-3+/t15-/m1/s1. The van der Waals surface area contributed by atoms with Crippen LogP contribution < -0.4 is 9.64 Å². The molecule has 2 aliphatic heterocycles. The van der Waals surface area contributed by atoms with Crippen molar-refractivity contribution < 1.29 is 27.2 Å². The number of nitrogens with one attached hydrogen (secondary N) is 1. The summed E-state index contributed by atoms with van der Waals surface area (Å²) in [5.41, 5.74) is 0.595. The molecule has 0 aliphatic carbocycles. The molecule has 8 heteroatoms. The molecule has 26 heavy (non-hydrogen) atoms. The number of sulfone groups is 1. The Morgan fingerprint density at radius 1 is 1.35 bits per heavy atom. The van der Waals surface area contributed by atoms with Gasteiger partial charge in [0, 0.05) is 12.5 Å². The Balaban J connectivity index is 1.53. The zero-order chi connectivity index (χ0) is 18.7. The summed E-state index contributed by atoms with van der Waals surface area (Å²) in [6, 6.07) is 4.70. The van der Waals surface area contributed by atoms with Gasteiger partial charge in [0.1, 0.15) is 11.8 Å². The molecule has 0 spiro atoms. The third kappa shape index (κ3) is 4.42. The van der Waals surface area contributed by atoms with E-state index in [1.54, 1.807) is 17.0 Å². The van der Waals surface area contributed by atoms with Crippen molar-refractivity contribution in [2.24, 2.45) is 0 Å². The summed E-state index contributed by atoms with van der Waals surface area (Å²) in [6.07, 6.45) is 3.76. The highest BCUT2D eigenvalue weighted by Crippen LogP contribution is 2.18. The Morgan fingerprint density at radius 3 is 2.65 bits per heavy atom. The van der Waals surface area contributed by atoms with E-state index in [0.717, 1.165) is 13.1 Å². The zero-order valence-corrected chi connectivity index (χ0v) is 15.6. The number of piperazine rings is 1. The monoisotopic (exact) mass is 383 g/mol. The van der Waals surface area contributed by atoms with Crippen molar-refractivity contribution in [2.45, 2.75) is 12.5 Å². The molecule has 1 aromatic rings. The van der Waals surface area contributed by atoms with Crippen molar-refractivity contribution in [3.05, 3.63) is 35.7 Å². The normalized spacial score (nSPS) is 23.5. The Hall–Kier alpha value is -1.93. The van der Waals surface area contributed by atoms with E-state index >= 15 is 0 Å². The molecule has 1 atom stereocenters. The fourth-order valence-corrected chi connectivity index (χ4v) is 5.42. The summed E-state index contributed by atoms with van der Waals surface area (Å²) < 4.78 is 41.8. The van der Waals surface area contributed by atoms with E-state index in [-0.39, 0.29) is 29.2 Å². The maximum absolute atomic E-state index is 13.7. The number of hydrogen-bond donors (Lipinski definition) is 1. The molecular formula is C18H24FN2O4S+. The van der Waals surface area contributed by atoms with Gasteiger partial charge in [-0.25, -0.2) is 12.8 Å². The molecule has 0 saturated carbocycles. The number of amides is 1. The van der Waals surface area contributed by atoms with Gasteiger partial charge in [-0.1, -0.05) is 6.07 Å². The molecule has 1 amide bonds. The maximum atomic E-state index is 13.7. The predicted molar refractivity (Wildman–Crippen MR) is 96.3 cm³/mol. The Labute approximate surface area is 153 Å². The van der Waals surface area contributed by atoms with Crippen molar-refractivity contribution in [1.29, 1.82) is 0 Å². The smallest absolute Gasteiger partial charge is 0.246 e. The summed E-state index contributed by atoms with van der Waals surface area (Å²) in [5, 5.41) is 0. The molecule has 0 aromatic heterocycles. The summed E-state index contributed by atoms with van der Waals surface area (Å²) in [4.78, 5) is 15.4. The lowest BCUT2D eigenvalue weighted by atomic mass is 10.1. The lowest BCUT2D eigenvalue weighted by Gasteiger charge is -2.34. The molecule has 1 N–H and O–H groups in total. The molecular weight excluding hydrogens is 359 g/mol. The van der Waals surface area contributed by atoms with Gasteiger partial charge >= 0.3 is 0 Å². The molecule has 2 aliphatic rings. The van der Waals surface area contributed by atoms with E-state index in [0.29, 0.717) is 25.1 Å². The zero-order valence-electron chi connectivity index (χ0n) is 14.8. The van der Waals surface area contributed by atoms with Crippen molar-refractivity contribution in [3.63, 3.8) is 0 Å². The average Bonchev–Trinajstić information content (AvgIpc) is 3.00. The van der Waals surface area contributed by atoms with Crippen LogP contribution in [0.5, 0.6) is 5.75 Å². The van der Waals surface area contributed by atoms with Crippen molar-refractivity contribution in [3.8, 4) is 5.75 Å². The first-order chi connectivity index (χ1) is 12.4. The molecule has 0 radical (unpaired) electrons. The van der Waals surface area contributed by atoms with Crippen LogP contribution >= 0.6 is 0 Å². The van der Waals surface area contributed by atoms with Crippen molar-refractivity contribution in [1.82, 2.24) is 4.90 Å². The second-order valence-electron chi connectivity index (χ2n) is 6.81. The molecule has 6 nitrogen and oxygen atoms in total. The van der Waals surface area contributed by atoms with Gasteiger partial charge in [0.25, 0.3) is 0 Å². The summed E-state index contributed by atoms with van der Waals surface area (Å²) in [7, 11) is -1.47. The van der Waals surface area contributed by atoms with Gasteiger partial charge in [-0.05, 0) is 23.8 Å². The second kappa shape index (κ2) is 7.75. The maximum Gasteiger partial charge on any atom is 0.246 e. The third-order valence-corrected chi connectivity index (χ3v) is 6.89. The van der Waals surface area contributed by atoms with Gasteiger partial charge < -0.3 is 14.5 Å². The molecule has 1 aromatic carbocycles. The quantitative estimate of drug-likeness (QED) is 0.729. The highest BCUT2D eigenvalue weighted by atomic mass is 32.2. The van der Waals surface area contributed by atoms with Gasteiger partial charge in [-0.3, -0.25) is 4.79 Å². The number of benzene rings is 1. The van der Waals surface area contributed by atoms with Crippen LogP contribution in [-0.4, -0.2) is 70.1 Å². The highest BCUT2D eigenvalue weighted by Gasteiger charge is 2.37. The number of carbonyl (C=O) groups excluding carboxylic acids is 1. The minimum absolute atomic E-state index is 0.112. The number of nitrogens with zero attached hydrogens (tertiary/aromatic N) is 1. The Bertz CT molecular complexity index is 801. The summed E-state index contributed by atoms with van der Waals surface area (Å²) in [6.45, 7) is 2.73. The highest BCUT2D eigenvalue weighted by molar-refractivity contribution is 7.91. The number of rotatable bonds is 4. The van der Waals surface area contributed by atoms with Crippen LogP contribution in [0.1, 0.15) is 12.0 Å².